The van der Waals surface area contributed by atoms with Crippen molar-refractivity contribution in [2.45, 2.75) is 25.9 Å². The van der Waals surface area contributed by atoms with Crippen LogP contribution in [0.3, 0.4) is 0 Å². The fourth-order valence-electron chi connectivity index (χ4n) is 2.73. The molecule has 0 aromatic heterocycles. The van der Waals surface area contributed by atoms with Crippen LogP contribution in [0.15, 0.2) is 60.7 Å². The summed E-state index contributed by atoms with van der Waals surface area (Å²) in [6.07, 6.45) is 1.11. The third-order valence-electron chi connectivity index (χ3n) is 4.16. The van der Waals surface area contributed by atoms with Crippen molar-refractivity contribution in [3.63, 3.8) is 0 Å². The molecular formula is C21H21Cl2NO2. The second-order valence-corrected chi connectivity index (χ2v) is 6.76. The highest BCUT2D eigenvalue weighted by Crippen LogP contribution is 2.24. The minimum absolute atomic E-state index is 0. The van der Waals surface area contributed by atoms with Gasteiger partial charge in [-0.2, -0.15) is 0 Å². The Morgan fingerprint density at radius 1 is 0.962 bits per heavy atom. The van der Waals surface area contributed by atoms with Gasteiger partial charge in [0.25, 0.3) is 0 Å². The maximum absolute atomic E-state index is 12.5. The highest BCUT2D eigenvalue weighted by atomic mass is 35.5. The van der Waals surface area contributed by atoms with Gasteiger partial charge in [0.15, 0.2) is 0 Å². The lowest BCUT2D eigenvalue weighted by atomic mass is 10.1. The summed E-state index contributed by atoms with van der Waals surface area (Å²) in [6.45, 7) is 2.00. The van der Waals surface area contributed by atoms with E-state index >= 15 is 0 Å². The summed E-state index contributed by atoms with van der Waals surface area (Å²) in [5.74, 6) is -0.308. The van der Waals surface area contributed by atoms with Crippen molar-refractivity contribution < 1.29 is 9.53 Å². The molecule has 0 saturated heterocycles. The van der Waals surface area contributed by atoms with Gasteiger partial charge in [-0.25, -0.2) is 4.79 Å². The summed E-state index contributed by atoms with van der Waals surface area (Å²) < 4.78 is 5.69. The monoisotopic (exact) mass is 389 g/mol. The van der Waals surface area contributed by atoms with Crippen LogP contribution in [-0.2, 0) is 11.2 Å². The Bertz CT molecular complexity index is 911. The Kier molecular flexibility index (Phi) is 7.04. The molecular weight excluding hydrogens is 369 g/mol. The zero-order chi connectivity index (χ0) is 17.8. The Morgan fingerprint density at radius 3 is 2.38 bits per heavy atom. The predicted octanol–water partition coefficient (Wildman–Crippen LogP) is 6.49. The molecule has 0 bridgehead atoms. The second kappa shape index (κ2) is 9.04. The molecule has 0 unspecified atom stereocenters. The maximum atomic E-state index is 12.5. The minimum Gasteiger partial charge on any atom is -0.458 e. The first-order valence-corrected chi connectivity index (χ1v) is 8.96. The third-order valence-corrected chi connectivity index (χ3v) is 4.90. The Hall–Kier alpha value is -2.07. The minimum atomic E-state index is -0.308. The lowest BCUT2D eigenvalue weighted by Crippen LogP contribution is -2.20. The average Bonchev–Trinajstić information content (AvgIpc) is 2.63. The number of halogens is 2. The van der Waals surface area contributed by atoms with Crippen LogP contribution in [0.2, 0.25) is 10.0 Å². The Labute approximate surface area is 163 Å². The van der Waals surface area contributed by atoms with Crippen LogP contribution in [0.5, 0.6) is 0 Å². The van der Waals surface area contributed by atoms with Gasteiger partial charge in [0.2, 0.25) is 0 Å². The van der Waals surface area contributed by atoms with Crippen LogP contribution in [0.4, 0.5) is 0 Å². The molecule has 3 N–H and O–H groups in total. The van der Waals surface area contributed by atoms with E-state index in [1.807, 2.05) is 55.5 Å². The van der Waals surface area contributed by atoms with Gasteiger partial charge in [0, 0.05) is 6.42 Å². The van der Waals surface area contributed by atoms with Gasteiger partial charge >= 0.3 is 5.97 Å². The van der Waals surface area contributed by atoms with Gasteiger partial charge in [-0.05, 0) is 47.0 Å². The first-order valence-electron chi connectivity index (χ1n) is 8.20. The topological polar surface area (TPSA) is 61.3 Å². The van der Waals surface area contributed by atoms with Crippen molar-refractivity contribution in [2.24, 2.45) is 0 Å². The zero-order valence-electron chi connectivity index (χ0n) is 14.5. The number of hydrogen-bond donors (Lipinski definition) is 1. The molecule has 0 radical (unpaired) electrons. The van der Waals surface area contributed by atoms with Crippen molar-refractivity contribution in [1.29, 1.82) is 0 Å². The van der Waals surface area contributed by atoms with Crippen LogP contribution in [0.1, 0.15) is 29.3 Å². The molecule has 3 aromatic rings. The number of benzene rings is 3. The van der Waals surface area contributed by atoms with E-state index in [4.69, 9.17) is 27.9 Å². The zero-order valence-corrected chi connectivity index (χ0v) is 16.1. The van der Waals surface area contributed by atoms with Crippen molar-refractivity contribution >= 4 is 39.9 Å². The number of carbonyl (C=O) groups is 1. The molecule has 1 atom stereocenters. The van der Waals surface area contributed by atoms with Gasteiger partial charge in [-0.3, -0.25) is 0 Å². The first kappa shape index (κ1) is 20.2. The summed E-state index contributed by atoms with van der Waals surface area (Å²) in [7, 11) is 0. The molecule has 3 aromatic carbocycles. The molecule has 0 saturated carbocycles. The lowest BCUT2D eigenvalue weighted by Gasteiger charge is -2.17. The van der Waals surface area contributed by atoms with E-state index in [2.05, 4.69) is 0 Å². The number of ether oxygens (including phenoxy) is 1. The van der Waals surface area contributed by atoms with Crippen LogP contribution in [-0.4, -0.2) is 12.1 Å². The summed E-state index contributed by atoms with van der Waals surface area (Å²) in [6, 6.07) is 19.0. The quantitative estimate of drug-likeness (QED) is 0.507. The molecule has 5 heteroatoms. The highest BCUT2D eigenvalue weighted by Gasteiger charge is 2.16. The van der Waals surface area contributed by atoms with Crippen molar-refractivity contribution in [3.8, 4) is 0 Å². The smallest absolute Gasteiger partial charge is 0.338 e. The van der Waals surface area contributed by atoms with E-state index in [0.29, 0.717) is 22.0 Å². The lowest BCUT2D eigenvalue weighted by molar-refractivity contribution is 0.0294. The molecule has 3 rings (SSSR count). The standard InChI is InChI=1S/C21H18Cl2O2.H3N/c1-2-18(11-14-7-10-19(22)20(23)12-14)25-21(24)17-9-8-15-5-3-4-6-16(15)13-17;/h3-10,12-13,18H,2,11H2,1H3;1H3/t18-;/m1./s1. The summed E-state index contributed by atoms with van der Waals surface area (Å²) in [5.41, 5.74) is 1.55. The van der Waals surface area contributed by atoms with Crippen molar-refractivity contribution in [1.82, 2.24) is 6.15 Å². The molecule has 0 amide bonds. The third kappa shape index (κ3) is 4.76. The van der Waals surface area contributed by atoms with E-state index in [-0.39, 0.29) is 18.2 Å². The fraction of sp³-hybridized carbons (Fsp3) is 0.190. The van der Waals surface area contributed by atoms with Gasteiger partial charge in [-0.15, -0.1) is 0 Å². The molecule has 0 aliphatic heterocycles. The molecule has 0 fully saturated rings. The van der Waals surface area contributed by atoms with Crippen molar-refractivity contribution in [2.75, 3.05) is 0 Å². The van der Waals surface area contributed by atoms with E-state index in [1.165, 1.54) is 0 Å². The van der Waals surface area contributed by atoms with E-state index in [9.17, 15) is 4.79 Å². The average molecular weight is 390 g/mol. The van der Waals surface area contributed by atoms with Crippen LogP contribution < -0.4 is 6.15 Å². The van der Waals surface area contributed by atoms with Crippen LogP contribution >= 0.6 is 23.2 Å². The number of fused-ring (bicyclic) bond motifs is 1. The first-order chi connectivity index (χ1) is 12.1. The van der Waals surface area contributed by atoms with Gasteiger partial charge in [-0.1, -0.05) is 66.5 Å². The summed E-state index contributed by atoms with van der Waals surface area (Å²) in [5, 5.41) is 3.15. The Balaban J connectivity index is 0.00000243. The second-order valence-electron chi connectivity index (χ2n) is 5.95. The van der Waals surface area contributed by atoms with Gasteiger partial charge in [0.05, 0.1) is 15.6 Å². The van der Waals surface area contributed by atoms with Crippen molar-refractivity contribution in [3.05, 3.63) is 81.8 Å². The summed E-state index contributed by atoms with van der Waals surface area (Å²) >= 11 is 12.0. The van der Waals surface area contributed by atoms with Gasteiger partial charge in [0.1, 0.15) is 6.10 Å². The van der Waals surface area contributed by atoms with Crippen LogP contribution in [0.25, 0.3) is 10.8 Å². The molecule has 136 valence electrons. The predicted molar refractivity (Wildman–Crippen MR) is 109 cm³/mol. The van der Waals surface area contributed by atoms with E-state index in [0.717, 1.165) is 22.8 Å². The highest BCUT2D eigenvalue weighted by molar-refractivity contribution is 6.42. The molecule has 0 spiro atoms. The SMILES string of the molecule is CC[C@H](Cc1ccc(Cl)c(Cl)c1)OC(=O)c1ccc2ccccc2c1.N. The number of rotatable bonds is 5. The number of esters is 1. The fourth-order valence-corrected chi connectivity index (χ4v) is 3.06. The summed E-state index contributed by atoms with van der Waals surface area (Å²) in [4.78, 5) is 12.5. The number of hydrogen-bond acceptors (Lipinski definition) is 3. The molecule has 0 heterocycles. The maximum Gasteiger partial charge on any atom is 0.338 e. The molecule has 26 heavy (non-hydrogen) atoms. The molecule has 3 nitrogen and oxygen atoms in total. The van der Waals surface area contributed by atoms with E-state index in [1.54, 1.807) is 12.1 Å². The van der Waals surface area contributed by atoms with Gasteiger partial charge < -0.3 is 10.9 Å². The normalized spacial score (nSPS) is 11.7. The Morgan fingerprint density at radius 2 is 1.69 bits per heavy atom. The number of carbonyl (C=O) groups excluding carboxylic acids is 1. The molecule has 0 aliphatic carbocycles. The molecule has 0 aliphatic rings. The largest absolute Gasteiger partial charge is 0.458 e. The van der Waals surface area contributed by atoms with Crippen LogP contribution in [0, 0.1) is 0 Å². The van der Waals surface area contributed by atoms with E-state index < -0.39 is 0 Å².